The maximum absolute atomic E-state index is 13.6. The molecule has 0 amide bonds. The van der Waals surface area contributed by atoms with E-state index >= 15 is 0 Å². The Morgan fingerprint density at radius 1 is 1.24 bits per heavy atom. The van der Waals surface area contributed by atoms with Crippen LogP contribution in [0.1, 0.15) is 18.4 Å². The van der Waals surface area contributed by atoms with Crippen LogP contribution >= 0.6 is 24.0 Å². The topological polar surface area (TPSA) is 48.9 Å². The largest absolute Gasteiger partial charge is 0.381 e. The van der Waals surface area contributed by atoms with Gasteiger partial charge in [-0.05, 0) is 45.0 Å². The van der Waals surface area contributed by atoms with Crippen molar-refractivity contribution in [3.8, 4) is 0 Å². The number of halogens is 2. The van der Waals surface area contributed by atoms with E-state index in [0.29, 0.717) is 13.0 Å². The summed E-state index contributed by atoms with van der Waals surface area (Å²) in [6.07, 6.45) is 2.62. The van der Waals surface area contributed by atoms with Crippen LogP contribution in [0.5, 0.6) is 0 Å². The number of hydrogen-bond donors (Lipinski definition) is 2. The number of rotatable bonds is 6. The number of nitrogens with zero attached hydrogens (tertiary/aromatic N) is 2. The predicted octanol–water partition coefficient (Wildman–Crippen LogP) is 2.26. The normalized spacial score (nSPS) is 17.1. The lowest BCUT2D eigenvalue weighted by Crippen LogP contribution is -2.57. The van der Waals surface area contributed by atoms with Gasteiger partial charge < -0.3 is 20.3 Å². The average Bonchev–Trinajstić information content (AvgIpc) is 2.60. The number of likely N-dealkylation sites (N-methyl/N-ethyl adjacent to an activating group) is 1. The molecule has 2 rings (SSSR count). The first-order valence-electron chi connectivity index (χ1n) is 8.50. The molecule has 0 radical (unpaired) electrons. The van der Waals surface area contributed by atoms with Crippen LogP contribution in [0.15, 0.2) is 29.3 Å². The summed E-state index contributed by atoms with van der Waals surface area (Å²) in [6.45, 7) is 3.03. The van der Waals surface area contributed by atoms with Gasteiger partial charge in [-0.2, -0.15) is 0 Å². The molecule has 142 valence electrons. The van der Waals surface area contributed by atoms with Gasteiger partial charge in [0.25, 0.3) is 0 Å². The Balaban J connectivity index is 0.00000312. The summed E-state index contributed by atoms with van der Waals surface area (Å²) in [4.78, 5) is 6.54. The van der Waals surface area contributed by atoms with E-state index in [9.17, 15) is 4.39 Å². The molecule has 0 aliphatic carbocycles. The smallest absolute Gasteiger partial charge is 0.191 e. The number of guanidine groups is 1. The average molecular weight is 464 g/mol. The molecule has 2 N–H and O–H groups in total. The molecule has 1 aliphatic rings. The molecule has 1 fully saturated rings. The number of ether oxygens (including phenoxy) is 1. The standard InChI is InChI=1S/C18H29FN4O.HI/c1-20-17(21-11-8-15-6-4-5-7-16(15)19)22-14-18(23(2)3)9-12-24-13-10-18;/h4-7H,8-14H2,1-3H3,(H2,20,21,22);1H. The van der Waals surface area contributed by atoms with E-state index in [0.717, 1.165) is 44.1 Å². The molecule has 25 heavy (non-hydrogen) atoms. The Labute approximate surface area is 167 Å². The molecule has 1 saturated heterocycles. The predicted molar refractivity (Wildman–Crippen MR) is 111 cm³/mol. The minimum atomic E-state index is -0.156. The van der Waals surface area contributed by atoms with Crippen molar-refractivity contribution in [2.45, 2.75) is 24.8 Å². The van der Waals surface area contributed by atoms with Crippen LogP contribution in [0.25, 0.3) is 0 Å². The molecule has 1 heterocycles. The molecular weight excluding hydrogens is 434 g/mol. The van der Waals surface area contributed by atoms with Crippen molar-refractivity contribution in [3.63, 3.8) is 0 Å². The summed E-state index contributed by atoms with van der Waals surface area (Å²) >= 11 is 0. The SMILES string of the molecule is CN=C(NCCc1ccccc1F)NCC1(N(C)C)CCOCC1.I. The number of benzene rings is 1. The second-order valence-electron chi connectivity index (χ2n) is 6.43. The van der Waals surface area contributed by atoms with Crippen LogP contribution in [0.4, 0.5) is 4.39 Å². The highest BCUT2D eigenvalue weighted by Gasteiger charge is 2.34. The fourth-order valence-electron chi connectivity index (χ4n) is 3.02. The van der Waals surface area contributed by atoms with Gasteiger partial charge in [0.05, 0.1) is 0 Å². The summed E-state index contributed by atoms with van der Waals surface area (Å²) in [7, 11) is 5.98. The molecule has 1 aliphatic heterocycles. The van der Waals surface area contributed by atoms with E-state index in [1.54, 1.807) is 13.1 Å². The summed E-state index contributed by atoms with van der Waals surface area (Å²) in [5.41, 5.74) is 0.802. The highest BCUT2D eigenvalue weighted by Crippen LogP contribution is 2.24. The zero-order valence-corrected chi connectivity index (χ0v) is 17.7. The number of aliphatic imine (C=N–C) groups is 1. The van der Waals surface area contributed by atoms with E-state index in [-0.39, 0.29) is 35.3 Å². The molecule has 0 unspecified atom stereocenters. The Bertz CT molecular complexity index is 548. The molecule has 5 nitrogen and oxygen atoms in total. The molecule has 1 aromatic rings. The first-order valence-corrected chi connectivity index (χ1v) is 8.50. The van der Waals surface area contributed by atoms with Crippen molar-refractivity contribution < 1.29 is 9.13 Å². The second-order valence-corrected chi connectivity index (χ2v) is 6.43. The van der Waals surface area contributed by atoms with Crippen molar-refractivity contribution in [1.82, 2.24) is 15.5 Å². The van der Waals surface area contributed by atoms with Crippen LogP contribution in [0.2, 0.25) is 0 Å². The third-order valence-electron chi connectivity index (χ3n) is 4.83. The minimum Gasteiger partial charge on any atom is -0.381 e. The molecule has 0 atom stereocenters. The van der Waals surface area contributed by atoms with Crippen LogP contribution in [-0.2, 0) is 11.2 Å². The summed E-state index contributed by atoms with van der Waals surface area (Å²) in [5, 5.41) is 6.67. The lowest BCUT2D eigenvalue weighted by molar-refractivity contribution is -0.00500. The van der Waals surface area contributed by atoms with Crippen molar-refractivity contribution in [2.75, 3.05) is 47.4 Å². The number of nitrogens with one attached hydrogen (secondary N) is 2. The van der Waals surface area contributed by atoms with E-state index in [2.05, 4.69) is 34.6 Å². The summed E-state index contributed by atoms with van der Waals surface area (Å²) < 4.78 is 19.1. The van der Waals surface area contributed by atoms with Gasteiger partial charge in [0.2, 0.25) is 0 Å². The van der Waals surface area contributed by atoms with Crippen molar-refractivity contribution in [1.29, 1.82) is 0 Å². The molecular formula is C18H30FIN4O. The summed E-state index contributed by atoms with van der Waals surface area (Å²) in [6, 6.07) is 6.88. The Hall–Kier alpha value is -0.930. The van der Waals surface area contributed by atoms with Crippen LogP contribution in [0.3, 0.4) is 0 Å². The molecule has 0 saturated carbocycles. The van der Waals surface area contributed by atoms with Crippen LogP contribution in [0, 0.1) is 5.82 Å². The Kier molecular flexibility index (Phi) is 9.66. The van der Waals surface area contributed by atoms with Crippen LogP contribution in [-0.4, -0.2) is 63.8 Å². The molecule has 0 bridgehead atoms. The van der Waals surface area contributed by atoms with Gasteiger partial charge in [-0.15, -0.1) is 24.0 Å². The lowest BCUT2D eigenvalue weighted by atomic mass is 9.88. The molecule has 0 aromatic heterocycles. The minimum absolute atomic E-state index is 0. The molecule has 0 spiro atoms. The maximum Gasteiger partial charge on any atom is 0.191 e. The third-order valence-corrected chi connectivity index (χ3v) is 4.83. The highest BCUT2D eigenvalue weighted by atomic mass is 127. The number of hydrogen-bond acceptors (Lipinski definition) is 3. The van der Waals surface area contributed by atoms with Gasteiger partial charge in [0.15, 0.2) is 5.96 Å². The molecule has 7 heteroatoms. The highest BCUT2D eigenvalue weighted by molar-refractivity contribution is 14.0. The van der Waals surface area contributed by atoms with Gasteiger partial charge in [-0.3, -0.25) is 4.99 Å². The van der Waals surface area contributed by atoms with Gasteiger partial charge in [0.1, 0.15) is 5.82 Å². The van der Waals surface area contributed by atoms with Crippen molar-refractivity contribution in [3.05, 3.63) is 35.6 Å². The van der Waals surface area contributed by atoms with Crippen molar-refractivity contribution in [2.24, 2.45) is 4.99 Å². The third kappa shape index (κ3) is 6.38. The fraction of sp³-hybridized carbons (Fsp3) is 0.611. The summed E-state index contributed by atoms with van der Waals surface area (Å²) in [5.74, 6) is 0.593. The van der Waals surface area contributed by atoms with E-state index < -0.39 is 0 Å². The van der Waals surface area contributed by atoms with Crippen LogP contribution < -0.4 is 10.6 Å². The van der Waals surface area contributed by atoms with Gasteiger partial charge in [-0.1, -0.05) is 18.2 Å². The Morgan fingerprint density at radius 2 is 1.92 bits per heavy atom. The first-order chi connectivity index (χ1) is 11.6. The first kappa shape index (κ1) is 22.1. The van der Waals surface area contributed by atoms with Gasteiger partial charge in [-0.25, -0.2) is 4.39 Å². The quantitative estimate of drug-likeness (QED) is 0.386. The van der Waals surface area contributed by atoms with Crippen molar-refractivity contribution >= 4 is 29.9 Å². The monoisotopic (exact) mass is 464 g/mol. The fourth-order valence-corrected chi connectivity index (χ4v) is 3.02. The molecule has 1 aromatic carbocycles. The van der Waals surface area contributed by atoms with E-state index in [4.69, 9.17) is 4.74 Å². The van der Waals surface area contributed by atoms with Gasteiger partial charge in [0, 0.05) is 38.9 Å². The lowest BCUT2D eigenvalue weighted by Gasteiger charge is -2.43. The Morgan fingerprint density at radius 3 is 2.52 bits per heavy atom. The zero-order chi connectivity index (χ0) is 17.4. The van der Waals surface area contributed by atoms with E-state index in [1.807, 2.05) is 12.1 Å². The van der Waals surface area contributed by atoms with E-state index in [1.165, 1.54) is 6.07 Å². The zero-order valence-electron chi connectivity index (χ0n) is 15.3. The second kappa shape index (κ2) is 10.9. The van der Waals surface area contributed by atoms with Gasteiger partial charge >= 0.3 is 0 Å². The maximum atomic E-state index is 13.6.